The van der Waals surface area contributed by atoms with E-state index in [0.29, 0.717) is 17.9 Å². The number of benzene rings is 3. The second kappa shape index (κ2) is 10.3. The zero-order valence-corrected chi connectivity index (χ0v) is 18.3. The number of hydrogen-bond acceptors (Lipinski definition) is 4. The molecule has 3 aromatic rings. The lowest BCUT2D eigenvalue weighted by Gasteiger charge is -2.25. The highest BCUT2D eigenvalue weighted by Crippen LogP contribution is 2.26. The number of nitrogens with zero attached hydrogens (tertiary/aromatic N) is 2. The van der Waals surface area contributed by atoms with E-state index in [2.05, 4.69) is 10.5 Å². The van der Waals surface area contributed by atoms with Gasteiger partial charge < -0.3 is 19.8 Å². The van der Waals surface area contributed by atoms with E-state index in [1.807, 2.05) is 18.2 Å². The number of ether oxygens (including phenoxy) is 1. The lowest BCUT2D eigenvalue weighted by Crippen LogP contribution is -2.40. The number of nitrogens with one attached hydrogen (secondary N) is 1. The summed E-state index contributed by atoms with van der Waals surface area (Å²) in [5, 5.41) is 6.64. The zero-order chi connectivity index (χ0) is 24.1. The molecule has 2 amide bonds. The minimum absolute atomic E-state index is 0.0182. The molecule has 0 saturated heterocycles. The predicted octanol–water partition coefficient (Wildman–Crippen LogP) is 5.34. The van der Waals surface area contributed by atoms with Crippen LogP contribution in [0.2, 0.25) is 0 Å². The molecule has 34 heavy (non-hydrogen) atoms. The van der Waals surface area contributed by atoms with Gasteiger partial charge in [0.25, 0.3) is 0 Å². The van der Waals surface area contributed by atoms with E-state index in [4.69, 9.17) is 9.57 Å². The molecule has 9 heteroatoms. The van der Waals surface area contributed by atoms with Crippen molar-refractivity contribution in [3.05, 3.63) is 95.3 Å². The maximum Gasteiger partial charge on any atom is 0.322 e. The average molecular weight is 469 g/mol. The van der Waals surface area contributed by atoms with Crippen molar-refractivity contribution < 1.29 is 27.5 Å². The molecule has 0 aliphatic carbocycles. The monoisotopic (exact) mass is 469 g/mol. The number of halogens is 3. The zero-order valence-electron chi connectivity index (χ0n) is 18.3. The van der Waals surface area contributed by atoms with Gasteiger partial charge in [-0.3, -0.25) is 0 Å². The standard InChI is InChI=1S/C25H22F3N3O3/c1-33-24-9-5-2-6-19(24)23-13-18(34-30-23)15-31(14-16-10-11-17(26)12-21(16)28)25(32)29-22-8-4-3-7-20(22)27/h2-12,18H,13-15H2,1H3,(H,29,32). The van der Waals surface area contributed by atoms with E-state index in [1.54, 1.807) is 19.2 Å². The van der Waals surface area contributed by atoms with Crippen LogP contribution >= 0.6 is 0 Å². The summed E-state index contributed by atoms with van der Waals surface area (Å²) in [6.07, 6.45) is -0.162. The Kier molecular flexibility index (Phi) is 7.01. The first kappa shape index (κ1) is 23.2. The summed E-state index contributed by atoms with van der Waals surface area (Å²) in [4.78, 5) is 19.8. The van der Waals surface area contributed by atoms with Crippen molar-refractivity contribution in [2.75, 3.05) is 19.0 Å². The van der Waals surface area contributed by atoms with Crippen molar-refractivity contribution in [1.82, 2.24) is 4.90 Å². The summed E-state index contributed by atoms with van der Waals surface area (Å²) < 4.78 is 47.1. The SMILES string of the molecule is COc1ccccc1C1=NOC(CN(Cc2ccc(F)cc2F)C(=O)Nc2ccccc2F)C1. The quantitative estimate of drug-likeness (QED) is 0.508. The van der Waals surface area contributed by atoms with Gasteiger partial charge in [-0.15, -0.1) is 0 Å². The van der Waals surface area contributed by atoms with E-state index >= 15 is 0 Å². The van der Waals surface area contributed by atoms with Crippen molar-refractivity contribution >= 4 is 17.4 Å². The van der Waals surface area contributed by atoms with Gasteiger partial charge in [0, 0.05) is 23.6 Å². The molecule has 1 N–H and O–H groups in total. The summed E-state index contributed by atoms with van der Waals surface area (Å²) in [6.45, 7) is -0.157. The van der Waals surface area contributed by atoms with Crippen LogP contribution in [-0.4, -0.2) is 36.4 Å². The minimum atomic E-state index is -0.790. The van der Waals surface area contributed by atoms with Crippen molar-refractivity contribution in [2.45, 2.75) is 19.1 Å². The van der Waals surface area contributed by atoms with Crippen LogP contribution in [0.4, 0.5) is 23.7 Å². The molecule has 6 nitrogen and oxygen atoms in total. The van der Waals surface area contributed by atoms with Crippen LogP contribution in [0.5, 0.6) is 5.75 Å². The summed E-state index contributed by atoms with van der Waals surface area (Å²) >= 11 is 0. The molecule has 1 unspecified atom stereocenters. The second-order valence-corrected chi connectivity index (χ2v) is 7.70. The Morgan fingerprint density at radius 2 is 1.85 bits per heavy atom. The molecule has 0 bridgehead atoms. The molecule has 1 atom stereocenters. The Labute approximate surface area is 194 Å². The van der Waals surface area contributed by atoms with E-state index in [-0.39, 0.29) is 24.3 Å². The number of urea groups is 1. The van der Waals surface area contributed by atoms with Gasteiger partial charge in [0.15, 0.2) is 6.10 Å². The molecule has 0 radical (unpaired) electrons. The summed E-state index contributed by atoms with van der Waals surface area (Å²) in [5.74, 6) is -1.49. The Hall–Kier alpha value is -4.01. The van der Waals surface area contributed by atoms with Crippen molar-refractivity contribution in [3.63, 3.8) is 0 Å². The van der Waals surface area contributed by atoms with Gasteiger partial charge in [-0.1, -0.05) is 35.5 Å². The van der Waals surface area contributed by atoms with Crippen LogP contribution in [0.15, 0.2) is 71.9 Å². The molecule has 0 aromatic heterocycles. The van der Waals surface area contributed by atoms with E-state index < -0.39 is 29.6 Å². The van der Waals surface area contributed by atoms with Crippen molar-refractivity contribution in [2.24, 2.45) is 5.16 Å². The Bertz CT molecular complexity index is 1220. The number of oxime groups is 1. The summed E-state index contributed by atoms with van der Waals surface area (Å²) in [5.41, 5.74) is 1.49. The molecule has 1 aliphatic rings. The summed E-state index contributed by atoms with van der Waals surface area (Å²) in [7, 11) is 1.55. The Morgan fingerprint density at radius 3 is 2.62 bits per heavy atom. The molecule has 0 saturated carbocycles. The molecule has 1 heterocycles. The number of carbonyl (C=O) groups is 1. The van der Waals surface area contributed by atoms with Crippen LogP contribution < -0.4 is 10.1 Å². The number of hydrogen-bond donors (Lipinski definition) is 1. The normalized spacial score (nSPS) is 14.8. The van der Waals surface area contributed by atoms with Crippen LogP contribution in [0.3, 0.4) is 0 Å². The number of anilines is 1. The van der Waals surface area contributed by atoms with Gasteiger partial charge in [-0.25, -0.2) is 18.0 Å². The van der Waals surface area contributed by atoms with Crippen LogP contribution in [0, 0.1) is 17.5 Å². The third-order valence-corrected chi connectivity index (χ3v) is 5.35. The Balaban J connectivity index is 1.52. The smallest absolute Gasteiger partial charge is 0.322 e. The van der Waals surface area contributed by atoms with Crippen LogP contribution in [-0.2, 0) is 11.4 Å². The maximum absolute atomic E-state index is 14.3. The fourth-order valence-corrected chi connectivity index (χ4v) is 3.65. The molecule has 0 spiro atoms. The first-order valence-electron chi connectivity index (χ1n) is 10.5. The van der Waals surface area contributed by atoms with Gasteiger partial charge in [0.2, 0.25) is 0 Å². The van der Waals surface area contributed by atoms with Gasteiger partial charge >= 0.3 is 6.03 Å². The number of amides is 2. The third-order valence-electron chi connectivity index (χ3n) is 5.35. The molecule has 1 aliphatic heterocycles. The maximum atomic E-state index is 14.3. The fraction of sp³-hybridized carbons (Fsp3) is 0.200. The molecule has 4 rings (SSSR count). The predicted molar refractivity (Wildman–Crippen MR) is 121 cm³/mol. The first-order valence-corrected chi connectivity index (χ1v) is 10.5. The van der Waals surface area contributed by atoms with Gasteiger partial charge in [0.1, 0.15) is 23.2 Å². The number of rotatable bonds is 7. The molecule has 3 aromatic carbocycles. The second-order valence-electron chi connectivity index (χ2n) is 7.70. The third kappa shape index (κ3) is 5.31. The van der Waals surface area contributed by atoms with E-state index in [0.717, 1.165) is 17.7 Å². The number of methoxy groups -OCH3 is 1. The van der Waals surface area contributed by atoms with Crippen LogP contribution in [0.1, 0.15) is 17.5 Å². The van der Waals surface area contributed by atoms with Gasteiger partial charge in [0.05, 0.1) is 31.6 Å². The molecular weight excluding hydrogens is 447 g/mol. The largest absolute Gasteiger partial charge is 0.496 e. The van der Waals surface area contributed by atoms with E-state index in [1.165, 1.54) is 29.2 Å². The van der Waals surface area contributed by atoms with E-state index in [9.17, 15) is 18.0 Å². The number of carbonyl (C=O) groups excluding carboxylic acids is 1. The highest BCUT2D eigenvalue weighted by atomic mass is 19.1. The topological polar surface area (TPSA) is 63.2 Å². The van der Waals surface area contributed by atoms with Crippen molar-refractivity contribution in [1.29, 1.82) is 0 Å². The average Bonchev–Trinajstić information content (AvgIpc) is 3.30. The minimum Gasteiger partial charge on any atom is -0.496 e. The van der Waals surface area contributed by atoms with Crippen LogP contribution in [0.25, 0.3) is 0 Å². The number of para-hydroxylation sites is 2. The van der Waals surface area contributed by atoms with Crippen molar-refractivity contribution in [3.8, 4) is 5.75 Å². The fourth-order valence-electron chi connectivity index (χ4n) is 3.65. The molecule has 176 valence electrons. The highest BCUT2D eigenvalue weighted by molar-refractivity contribution is 6.03. The van der Waals surface area contributed by atoms with Gasteiger partial charge in [-0.2, -0.15) is 0 Å². The molecular formula is C25H22F3N3O3. The summed E-state index contributed by atoms with van der Waals surface area (Å²) in [6, 6.07) is 15.5. The lowest BCUT2D eigenvalue weighted by molar-refractivity contribution is 0.0606. The molecule has 0 fully saturated rings. The first-order chi connectivity index (χ1) is 16.4. The van der Waals surface area contributed by atoms with Gasteiger partial charge in [-0.05, 0) is 30.3 Å². The Morgan fingerprint density at radius 1 is 1.09 bits per heavy atom. The lowest BCUT2D eigenvalue weighted by atomic mass is 10.0. The highest BCUT2D eigenvalue weighted by Gasteiger charge is 2.29.